The zero-order chi connectivity index (χ0) is 22.4. The molecule has 0 bridgehead atoms. The fourth-order valence-corrected chi connectivity index (χ4v) is 3.25. The van der Waals surface area contributed by atoms with Gasteiger partial charge in [0.1, 0.15) is 18.1 Å². The summed E-state index contributed by atoms with van der Waals surface area (Å²) in [4.78, 5) is 25.2. The lowest BCUT2D eigenvalue weighted by atomic mass is 10.1. The number of hydrogen-bond acceptors (Lipinski definition) is 4. The van der Waals surface area contributed by atoms with E-state index in [2.05, 4.69) is 31.7 Å². The molecule has 0 saturated heterocycles. The highest BCUT2D eigenvalue weighted by molar-refractivity contribution is 9.10. The average Bonchev–Trinajstić information content (AvgIpc) is 3.11. The third kappa shape index (κ3) is 5.95. The minimum Gasteiger partial charge on any atom is -0.488 e. The number of para-hydroxylation sites is 1. The third-order valence-corrected chi connectivity index (χ3v) is 5.18. The molecule has 162 valence electrons. The third-order valence-electron chi connectivity index (χ3n) is 4.52. The summed E-state index contributed by atoms with van der Waals surface area (Å²) in [6, 6.07) is 14.8. The number of ether oxygens (including phenoxy) is 1. The Morgan fingerprint density at radius 1 is 1.10 bits per heavy atom. The summed E-state index contributed by atoms with van der Waals surface area (Å²) in [6.45, 7) is 4.95. The molecule has 0 fully saturated rings. The van der Waals surface area contributed by atoms with Crippen molar-refractivity contribution >= 4 is 33.4 Å². The van der Waals surface area contributed by atoms with Gasteiger partial charge in [0.15, 0.2) is 0 Å². The zero-order valence-corrected chi connectivity index (χ0v) is 19.3. The van der Waals surface area contributed by atoms with Crippen LogP contribution >= 0.6 is 15.9 Å². The van der Waals surface area contributed by atoms with Crippen LogP contribution in [0.15, 0.2) is 59.2 Å². The van der Waals surface area contributed by atoms with Crippen molar-refractivity contribution in [3.05, 3.63) is 76.0 Å². The summed E-state index contributed by atoms with van der Waals surface area (Å²) in [5.41, 5.74) is 2.09. The van der Waals surface area contributed by atoms with Crippen molar-refractivity contribution in [2.75, 3.05) is 11.9 Å². The van der Waals surface area contributed by atoms with E-state index in [0.29, 0.717) is 36.0 Å². The summed E-state index contributed by atoms with van der Waals surface area (Å²) in [7, 11) is 1.67. The molecule has 0 aliphatic heterocycles. The van der Waals surface area contributed by atoms with Crippen molar-refractivity contribution in [2.45, 2.75) is 20.5 Å². The van der Waals surface area contributed by atoms with Gasteiger partial charge in [-0.25, -0.2) is 0 Å². The molecule has 3 aromatic rings. The molecule has 0 unspecified atom stereocenters. The van der Waals surface area contributed by atoms with Gasteiger partial charge in [0, 0.05) is 19.2 Å². The lowest BCUT2D eigenvalue weighted by molar-refractivity contribution is 0.0940. The van der Waals surface area contributed by atoms with Gasteiger partial charge in [-0.2, -0.15) is 5.10 Å². The molecule has 1 aromatic heterocycles. The first-order valence-electron chi connectivity index (χ1n) is 9.93. The molecule has 7 nitrogen and oxygen atoms in total. The number of rotatable bonds is 8. The number of aromatic nitrogens is 2. The van der Waals surface area contributed by atoms with Gasteiger partial charge in [-0.3, -0.25) is 14.3 Å². The zero-order valence-electron chi connectivity index (χ0n) is 17.7. The second-order valence-corrected chi connectivity index (χ2v) is 8.36. The Balaban J connectivity index is 1.64. The van der Waals surface area contributed by atoms with E-state index in [0.717, 1.165) is 15.8 Å². The Morgan fingerprint density at radius 3 is 2.48 bits per heavy atom. The largest absolute Gasteiger partial charge is 0.488 e. The molecular formula is C23H25BrN4O3. The smallest absolute Gasteiger partial charge is 0.271 e. The van der Waals surface area contributed by atoms with Crippen LogP contribution in [0, 0.1) is 5.92 Å². The van der Waals surface area contributed by atoms with Crippen molar-refractivity contribution in [1.82, 2.24) is 15.1 Å². The molecule has 0 aliphatic rings. The highest BCUT2D eigenvalue weighted by Gasteiger charge is 2.19. The van der Waals surface area contributed by atoms with Gasteiger partial charge in [0.05, 0.1) is 16.4 Å². The maximum Gasteiger partial charge on any atom is 0.271 e. The first-order chi connectivity index (χ1) is 14.8. The van der Waals surface area contributed by atoms with Crippen LogP contribution in [0.4, 0.5) is 5.69 Å². The van der Waals surface area contributed by atoms with Gasteiger partial charge in [-0.15, -0.1) is 0 Å². The number of aryl methyl sites for hydroxylation is 1. The van der Waals surface area contributed by atoms with Crippen molar-refractivity contribution in [2.24, 2.45) is 13.0 Å². The molecule has 0 spiro atoms. The average molecular weight is 485 g/mol. The predicted octanol–water partition coefficient (Wildman–Crippen LogP) is 4.40. The lowest BCUT2D eigenvalue weighted by Crippen LogP contribution is -2.30. The molecule has 31 heavy (non-hydrogen) atoms. The van der Waals surface area contributed by atoms with Crippen LogP contribution in [0.25, 0.3) is 0 Å². The molecule has 2 N–H and O–H groups in total. The van der Waals surface area contributed by atoms with E-state index in [1.165, 1.54) is 10.9 Å². The van der Waals surface area contributed by atoms with E-state index >= 15 is 0 Å². The quantitative estimate of drug-likeness (QED) is 0.496. The molecule has 1 heterocycles. The molecule has 2 aromatic carbocycles. The predicted molar refractivity (Wildman–Crippen MR) is 123 cm³/mol. The van der Waals surface area contributed by atoms with E-state index in [1.54, 1.807) is 19.2 Å². The van der Waals surface area contributed by atoms with E-state index in [1.807, 2.05) is 50.2 Å². The lowest BCUT2D eigenvalue weighted by Gasteiger charge is -2.11. The summed E-state index contributed by atoms with van der Waals surface area (Å²) >= 11 is 3.45. The molecule has 0 atom stereocenters. The van der Waals surface area contributed by atoms with Crippen LogP contribution in [-0.2, 0) is 13.7 Å². The highest BCUT2D eigenvalue weighted by atomic mass is 79.9. The fraction of sp³-hybridized carbons (Fsp3) is 0.261. The maximum atomic E-state index is 12.7. The number of hydrogen-bond donors (Lipinski definition) is 2. The molecule has 8 heteroatoms. The number of benzene rings is 2. The number of carbonyl (C=O) groups is 2. The monoisotopic (exact) mass is 484 g/mol. The Labute approximate surface area is 189 Å². The van der Waals surface area contributed by atoms with Crippen molar-refractivity contribution in [1.29, 1.82) is 0 Å². The molecule has 2 amide bonds. The van der Waals surface area contributed by atoms with Crippen LogP contribution in [0.2, 0.25) is 0 Å². The number of nitrogens with one attached hydrogen (secondary N) is 2. The van der Waals surface area contributed by atoms with E-state index in [4.69, 9.17) is 4.74 Å². The second-order valence-electron chi connectivity index (χ2n) is 7.50. The second kappa shape index (κ2) is 10.3. The fourth-order valence-electron chi connectivity index (χ4n) is 2.85. The van der Waals surface area contributed by atoms with Crippen LogP contribution in [-0.4, -0.2) is 28.1 Å². The topological polar surface area (TPSA) is 85.2 Å². The minimum atomic E-state index is -0.316. The minimum absolute atomic E-state index is 0.274. The first kappa shape index (κ1) is 22.6. The van der Waals surface area contributed by atoms with Gasteiger partial charge in [-0.05, 0) is 51.7 Å². The first-order valence-corrected chi connectivity index (χ1v) is 10.7. The van der Waals surface area contributed by atoms with E-state index in [9.17, 15) is 9.59 Å². The number of anilines is 1. The van der Waals surface area contributed by atoms with Gasteiger partial charge in [0.25, 0.3) is 11.8 Å². The summed E-state index contributed by atoms with van der Waals surface area (Å²) in [5.74, 6) is 0.484. The summed E-state index contributed by atoms with van der Waals surface area (Å²) < 4.78 is 8.14. The Bertz CT molecular complexity index is 1060. The molecule has 0 saturated carbocycles. The number of nitrogens with zero attached hydrogens (tertiary/aromatic N) is 2. The van der Waals surface area contributed by atoms with Crippen molar-refractivity contribution < 1.29 is 14.3 Å². The van der Waals surface area contributed by atoms with Crippen LogP contribution in [0.1, 0.15) is 40.3 Å². The van der Waals surface area contributed by atoms with Crippen LogP contribution in [0.5, 0.6) is 5.75 Å². The van der Waals surface area contributed by atoms with E-state index < -0.39 is 0 Å². The molecular weight excluding hydrogens is 460 g/mol. The highest BCUT2D eigenvalue weighted by Crippen LogP contribution is 2.24. The number of halogens is 1. The molecule has 0 radical (unpaired) electrons. The van der Waals surface area contributed by atoms with Crippen LogP contribution in [0.3, 0.4) is 0 Å². The normalized spacial score (nSPS) is 10.7. The number of carbonyl (C=O) groups excluding carboxylic acids is 2. The Hall–Kier alpha value is -3.13. The standard InChI is InChI=1S/C23H25BrN4O3/c1-15(2)12-25-23(30)21-19(13-26-28(21)3)27-22(29)17-10-8-16(9-11-17)14-31-20-7-5-4-6-18(20)24/h4-11,13,15H,12,14H2,1-3H3,(H,25,30)(H,27,29). The molecule has 0 aliphatic carbocycles. The Morgan fingerprint density at radius 2 is 1.81 bits per heavy atom. The number of amides is 2. The van der Waals surface area contributed by atoms with Gasteiger partial charge >= 0.3 is 0 Å². The van der Waals surface area contributed by atoms with Gasteiger partial charge < -0.3 is 15.4 Å². The maximum absolute atomic E-state index is 12.7. The SMILES string of the molecule is CC(C)CNC(=O)c1c(NC(=O)c2ccc(COc3ccccc3Br)cc2)cnn1C. The van der Waals surface area contributed by atoms with Gasteiger partial charge in [-0.1, -0.05) is 38.1 Å². The Kier molecular flexibility index (Phi) is 7.46. The van der Waals surface area contributed by atoms with Crippen molar-refractivity contribution in [3.63, 3.8) is 0 Å². The van der Waals surface area contributed by atoms with Crippen LogP contribution < -0.4 is 15.4 Å². The van der Waals surface area contributed by atoms with Crippen molar-refractivity contribution in [3.8, 4) is 5.75 Å². The molecule has 3 rings (SSSR count). The van der Waals surface area contributed by atoms with Gasteiger partial charge in [0.2, 0.25) is 0 Å². The summed E-state index contributed by atoms with van der Waals surface area (Å²) in [6.07, 6.45) is 1.47. The van der Waals surface area contributed by atoms with E-state index in [-0.39, 0.29) is 11.8 Å². The summed E-state index contributed by atoms with van der Waals surface area (Å²) in [5, 5.41) is 9.74.